The van der Waals surface area contributed by atoms with E-state index in [1.54, 1.807) is 12.1 Å². The van der Waals surface area contributed by atoms with Gasteiger partial charge in [0.05, 0.1) is 6.54 Å². The van der Waals surface area contributed by atoms with Gasteiger partial charge < -0.3 is 15.2 Å². The molecule has 0 spiro atoms. The highest BCUT2D eigenvalue weighted by atomic mass is 79.9. The number of hydrogen-bond acceptors (Lipinski definition) is 4. The first-order valence-electron chi connectivity index (χ1n) is 6.99. The molecule has 1 aromatic heterocycles. The van der Waals surface area contributed by atoms with Crippen molar-refractivity contribution in [3.05, 3.63) is 64.7 Å². The van der Waals surface area contributed by atoms with Crippen LogP contribution in [0.5, 0.6) is 0 Å². The summed E-state index contributed by atoms with van der Waals surface area (Å²) in [6, 6.07) is 13.5. The normalized spacial score (nSPS) is 10.4. The van der Waals surface area contributed by atoms with E-state index in [4.69, 9.17) is 16.7 Å². The molecule has 0 amide bonds. The van der Waals surface area contributed by atoms with Crippen molar-refractivity contribution in [3.63, 3.8) is 0 Å². The summed E-state index contributed by atoms with van der Waals surface area (Å²) in [5, 5.41) is 10.2. The van der Waals surface area contributed by atoms with Gasteiger partial charge in [-0.05, 0) is 48.6 Å². The second kappa shape index (κ2) is 7.50. The van der Waals surface area contributed by atoms with E-state index in [1.165, 1.54) is 12.1 Å². The molecule has 5 nitrogen and oxygen atoms in total. The fourth-order valence-electron chi connectivity index (χ4n) is 1.94. The van der Waals surface area contributed by atoms with Crippen LogP contribution in [-0.4, -0.2) is 15.3 Å². The van der Waals surface area contributed by atoms with Crippen LogP contribution >= 0.6 is 28.1 Å². The van der Waals surface area contributed by atoms with E-state index in [9.17, 15) is 4.39 Å². The Balaban J connectivity index is 1.57. The van der Waals surface area contributed by atoms with Crippen molar-refractivity contribution in [2.45, 2.75) is 6.54 Å². The lowest BCUT2D eigenvalue weighted by Gasteiger charge is -2.08. The zero-order valence-corrected chi connectivity index (χ0v) is 14.7. The molecule has 0 atom stereocenters. The van der Waals surface area contributed by atoms with Crippen LogP contribution in [0.4, 0.5) is 10.1 Å². The summed E-state index contributed by atoms with van der Waals surface area (Å²) >= 11 is 8.58. The topological polar surface area (TPSA) is 63.0 Å². The maximum Gasteiger partial charge on any atom is 0.246 e. The summed E-state index contributed by atoms with van der Waals surface area (Å²) in [5.41, 5.74) is 1.54. The Bertz CT molecular complexity index is 853. The van der Waals surface area contributed by atoms with E-state index in [2.05, 4.69) is 36.7 Å². The summed E-state index contributed by atoms with van der Waals surface area (Å²) in [4.78, 5) is 4.31. The Morgan fingerprint density at radius 1 is 1.21 bits per heavy atom. The number of aromatic nitrogens is 2. The molecule has 0 bridgehead atoms. The number of hydrogen-bond donors (Lipinski definition) is 2. The van der Waals surface area contributed by atoms with E-state index in [-0.39, 0.29) is 12.4 Å². The van der Waals surface area contributed by atoms with E-state index >= 15 is 0 Å². The van der Waals surface area contributed by atoms with Crippen molar-refractivity contribution in [2.75, 3.05) is 5.32 Å². The summed E-state index contributed by atoms with van der Waals surface area (Å²) in [5.74, 6) is 0.615. The minimum Gasteiger partial charge on any atom is -0.353 e. The van der Waals surface area contributed by atoms with Crippen molar-refractivity contribution >= 4 is 38.9 Å². The number of nitrogens with one attached hydrogen (secondary N) is 2. The molecule has 24 heavy (non-hydrogen) atoms. The monoisotopic (exact) mass is 406 g/mol. The highest BCUT2D eigenvalue weighted by molar-refractivity contribution is 9.10. The molecule has 0 unspecified atom stereocenters. The van der Waals surface area contributed by atoms with E-state index < -0.39 is 0 Å². The third-order valence-corrected chi connectivity index (χ3v) is 3.79. The van der Waals surface area contributed by atoms with E-state index in [0.717, 1.165) is 10.0 Å². The van der Waals surface area contributed by atoms with Crippen molar-refractivity contribution in [3.8, 4) is 11.4 Å². The Morgan fingerprint density at radius 3 is 2.75 bits per heavy atom. The van der Waals surface area contributed by atoms with Gasteiger partial charge in [0, 0.05) is 15.7 Å². The van der Waals surface area contributed by atoms with Gasteiger partial charge in [-0.15, -0.1) is 0 Å². The summed E-state index contributed by atoms with van der Waals surface area (Å²) in [6.45, 7) is 0.286. The fraction of sp³-hybridized carbons (Fsp3) is 0.0625. The number of nitrogens with zero attached hydrogens (tertiary/aromatic N) is 2. The number of rotatable bonds is 4. The maximum absolute atomic E-state index is 12.9. The molecular weight excluding hydrogens is 395 g/mol. The molecule has 0 aliphatic rings. The van der Waals surface area contributed by atoms with Crippen LogP contribution in [0.2, 0.25) is 0 Å². The first kappa shape index (κ1) is 16.5. The predicted molar refractivity (Wildman–Crippen MR) is 96.9 cm³/mol. The van der Waals surface area contributed by atoms with Crippen molar-refractivity contribution < 1.29 is 8.91 Å². The van der Waals surface area contributed by atoms with Gasteiger partial charge in [0.15, 0.2) is 5.11 Å². The first-order chi connectivity index (χ1) is 11.6. The Hall–Kier alpha value is -2.32. The maximum atomic E-state index is 12.9. The molecule has 0 aliphatic carbocycles. The zero-order valence-electron chi connectivity index (χ0n) is 12.3. The molecule has 2 aromatic carbocycles. The zero-order chi connectivity index (χ0) is 16.9. The number of anilines is 1. The van der Waals surface area contributed by atoms with Crippen LogP contribution in [0.15, 0.2) is 57.5 Å². The van der Waals surface area contributed by atoms with E-state index in [1.807, 2.05) is 24.3 Å². The first-order valence-corrected chi connectivity index (χ1v) is 8.19. The molecule has 8 heteroatoms. The van der Waals surface area contributed by atoms with Crippen molar-refractivity contribution in [1.82, 2.24) is 15.5 Å². The molecule has 0 saturated carbocycles. The predicted octanol–water partition coefficient (Wildman–Crippen LogP) is 4.12. The number of thiocarbonyl (C=S) groups is 1. The second-order valence-electron chi connectivity index (χ2n) is 4.84. The highest BCUT2D eigenvalue weighted by Gasteiger charge is 2.09. The van der Waals surface area contributed by atoms with Gasteiger partial charge in [0.25, 0.3) is 0 Å². The van der Waals surface area contributed by atoms with Crippen molar-refractivity contribution in [2.24, 2.45) is 0 Å². The van der Waals surface area contributed by atoms with Crippen LogP contribution in [0, 0.1) is 5.82 Å². The fourth-order valence-corrected chi connectivity index (χ4v) is 2.53. The third kappa shape index (κ3) is 4.36. The lowest BCUT2D eigenvalue weighted by Crippen LogP contribution is -2.27. The molecule has 0 saturated heterocycles. The standard InChI is InChI=1S/C16H12BrFN4OS/c17-11-3-1-2-10(8-11)15-21-14(23-22-15)9-19-16(24)20-13-6-4-12(18)5-7-13/h1-8H,9H2,(H2,19,20,24). The number of benzene rings is 2. The Morgan fingerprint density at radius 2 is 2.00 bits per heavy atom. The van der Waals surface area contributed by atoms with Gasteiger partial charge in [-0.3, -0.25) is 0 Å². The molecular formula is C16H12BrFN4OS. The average molecular weight is 407 g/mol. The van der Waals surface area contributed by atoms with Gasteiger partial charge in [-0.2, -0.15) is 4.98 Å². The summed E-state index contributed by atoms with van der Waals surface area (Å²) in [6.07, 6.45) is 0. The largest absolute Gasteiger partial charge is 0.353 e. The van der Waals surface area contributed by atoms with Gasteiger partial charge in [-0.25, -0.2) is 4.39 Å². The Kier molecular flexibility index (Phi) is 5.17. The lowest BCUT2D eigenvalue weighted by atomic mass is 10.2. The van der Waals surface area contributed by atoms with Crippen LogP contribution in [0.1, 0.15) is 5.89 Å². The van der Waals surface area contributed by atoms with E-state index in [0.29, 0.717) is 22.5 Å². The number of halogens is 2. The minimum absolute atomic E-state index is 0.286. The highest BCUT2D eigenvalue weighted by Crippen LogP contribution is 2.20. The molecule has 1 heterocycles. The quantitative estimate of drug-likeness (QED) is 0.635. The van der Waals surface area contributed by atoms with Crippen LogP contribution in [-0.2, 0) is 6.54 Å². The van der Waals surface area contributed by atoms with Crippen LogP contribution in [0.3, 0.4) is 0 Å². The smallest absolute Gasteiger partial charge is 0.246 e. The SMILES string of the molecule is Fc1ccc(NC(=S)NCc2nc(-c3cccc(Br)c3)no2)cc1. The average Bonchev–Trinajstić information content (AvgIpc) is 3.04. The van der Waals surface area contributed by atoms with Crippen LogP contribution < -0.4 is 10.6 Å². The molecule has 0 fully saturated rings. The molecule has 0 radical (unpaired) electrons. The van der Waals surface area contributed by atoms with Gasteiger partial charge in [0.1, 0.15) is 5.82 Å². The minimum atomic E-state index is -0.301. The van der Waals surface area contributed by atoms with Gasteiger partial charge >= 0.3 is 0 Å². The Labute approximate surface area is 151 Å². The van der Waals surface area contributed by atoms with Crippen molar-refractivity contribution in [1.29, 1.82) is 0 Å². The van der Waals surface area contributed by atoms with Crippen LogP contribution in [0.25, 0.3) is 11.4 Å². The molecule has 0 aliphatic heterocycles. The molecule has 3 aromatic rings. The molecule has 122 valence electrons. The van der Waals surface area contributed by atoms with Gasteiger partial charge in [0.2, 0.25) is 11.7 Å². The lowest BCUT2D eigenvalue weighted by molar-refractivity contribution is 0.376. The third-order valence-electron chi connectivity index (χ3n) is 3.05. The summed E-state index contributed by atoms with van der Waals surface area (Å²) in [7, 11) is 0. The molecule has 3 rings (SSSR count). The van der Waals surface area contributed by atoms with Gasteiger partial charge in [-0.1, -0.05) is 33.2 Å². The summed E-state index contributed by atoms with van der Waals surface area (Å²) < 4.78 is 19.0. The second-order valence-corrected chi connectivity index (χ2v) is 6.16. The molecule has 2 N–H and O–H groups in total.